The van der Waals surface area contributed by atoms with Crippen LogP contribution in [0.3, 0.4) is 0 Å². The van der Waals surface area contributed by atoms with E-state index in [1.54, 1.807) is 12.1 Å². The quantitative estimate of drug-likeness (QED) is 0.586. The Morgan fingerprint density at radius 2 is 1.68 bits per heavy atom. The third-order valence-corrected chi connectivity index (χ3v) is 4.13. The zero-order chi connectivity index (χ0) is 13.3. The number of benzene rings is 2. The summed E-state index contributed by atoms with van der Waals surface area (Å²) in [6.07, 6.45) is 1.72. The molecule has 0 saturated carbocycles. The number of aryl methyl sites for hydroxylation is 2. The predicted octanol–water partition coefficient (Wildman–Crippen LogP) is -0.127. The molecule has 0 fully saturated rings. The maximum Gasteiger partial charge on any atom is 1.00 e. The molecule has 0 heterocycles. The summed E-state index contributed by atoms with van der Waals surface area (Å²) < 4.78 is 33.7. The minimum absolute atomic E-state index is 0. The summed E-state index contributed by atoms with van der Waals surface area (Å²) in [5.41, 5.74) is 2.32. The Balaban J connectivity index is 0.00000180. The molecule has 2 aromatic rings. The fourth-order valence-electron chi connectivity index (χ4n) is 2.40. The molecule has 19 heavy (non-hydrogen) atoms. The Morgan fingerprint density at radius 1 is 1.00 bits per heavy atom. The van der Waals surface area contributed by atoms with Gasteiger partial charge >= 0.3 is 51.4 Å². The van der Waals surface area contributed by atoms with Crippen LogP contribution in [0.15, 0.2) is 35.2 Å². The van der Waals surface area contributed by atoms with E-state index in [2.05, 4.69) is 6.92 Å². The van der Waals surface area contributed by atoms with Gasteiger partial charge in [0.15, 0.2) is 0 Å². The van der Waals surface area contributed by atoms with Crippen molar-refractivity contribution in [1.29, 1.82) is 0 Å². The van der Waals surface area contributed by atoms with Crippen LogP contribution in [0.4, 0.5) is 0 Å². The van der Waals surface area contributed by atoms with Crippen molar-refractivity contribution in [1.82, 2.24) is 0 Å². The van der Waals surface area contributed by atoms with E-state index >= 15 is 0 Å². The van der Waals surface area contributed by atoms with Gasteiger partial charge in [0, 0.05) is 0 Å². The minimum Gasteiger partial charge on any atom is -0.744 e. The molecular weight excluding hydrogens is 287 g/mol. The molecule has 0 aliphatic heterocycles. The second-order valence-corrected chi connectivity index (χ2v) is 5.56. The smallest absolute Gasteiger partial charge is 0.744 e. The van der Waals surface area contributed by atoms with Crippen molar-refractivity contribution >= 4 is 20.9 Å². The van der Waals surface area contributed by atoms with Crippen LogP contribution in [0.1, 0.15) is 25.0 Å². The molecule has 0 aliphatic carbocycles. The first-order valence-corrected chi connectivity index (χ1v) is 7.39. The Kier molecular flexibility index (Phi) is 6.19. The van der Waals surface area contributed by atoms with Crippen LogP contribution < -0.4 is 51.4 Å². The van der Waals surface area contributed by atoms with Crippen LogP contribution in [0.2, 0.25) is 0 Å². The monoisotopic (exact) mass is 302 g/mol. The second-order valence-electron chi connectivity index (χ2n) is 4.22. The summed E-state index contributed by atoms with van der Waals surface area (Å²) in [5, 5.41) is 1.40. The van der Waals surface area contributed by atoms with Gasteiger partial charge in [0.05, 0.1) is 4.90 Å². The second kappa shape index (κ2) is 6.80. The Hall–Kier alpha value is 0.246. The predicted molar refractivity (Wildman–Crippen MR) is 70.7 cm³/mol. The first-order valence-electron chi connectivity index (χ1n) is 5.98. The molecule has 96 valence electrons. The third kappa shape index (κ3) is 3.47. The van der Waals surface area contributed by atoms with Gasteiger partial charge in [-0.2, -0.15) is 0 Å². The van der Waals surface area contributed by atoms with Gasteiger partial charge < -0.3 is 4.55 Å². The summed E-state index contributed by atoms with van der Waals surface area (Å²) >= 11 is 0. The Morgan fingerprint density at radius 3 is 2.21 bits per heavy atom. The number of hydrogen-bond acceptors (Lipinski definition) is 3. The van der Waals surface area contributed by atoms with Crippen LogP contribution >= 0.6 is 0 Å². The van der Waals surface area contributed by atoms with Gasteiger partial charge in [-0.25, -0.2) is 8.42 Å². The molecule has 0 unspecified atom stereocenters. The molecule has 0 bridgehead atoms. The molecule has 2 rings (SSSR count). The Bertz CT molecular complexity index is 693. The van der Waals surface area contributed by atoms with Crippen molar-refractivity contribution in [3.05, 3.63) is 41.5 Å². The zero-order valence-corrected chi connectivity index (χ0v) is 15.4. The van der Waals surface area contributed by atoms with Gasteiger partial charge in [-0.05, 0) is 40.8 Å². The standard InChI is InChI=1S/C14H16O3S.K/c1-3-10-8-9-13-12(11(10)4-2)6-5-7-14(13)18(15,16)17;/h5-9H,3-4H2,1-2H3,(H,15,16,17);/q;+1/p-1. The molecule has 2 aromatic carbocycles. The van der Waals surface area contributed by atoms with E-state index in [-0.39, 0.29) is 56.3 Å². The fraction of sp³-hybridized carbons (Fsp3) is 0.286. The van der Waals surface area contributed by atoms with Crippen molar-refractivity contribution in [2.45, 2.75) is 31.6 Å². The maximum atomic E-state index is 11.2. The largest absolute Gasteiger partial charge is 1.00 e. The molecule has 0 N–H and O–H groups in total. The summed E-state index contributed by atoms with van der Waals surface area (Å²) in [4.78, 5) is -0.127. The average molecular weight is 302 g/mol. The zero-order valence-electron chi connectivity index (χ0n) is 11.4. The SMILES string of the molecule is CCc1ccc2c(S(=O)(=O)[O-])cccc2c1CC.[K+]. The minimum atomic E-state index is -4.42. The van der Waals surface area contributed by atoms with E-state index in [1.807, 2.05) is 19.1 Å². The van der Waals surface area contributed by atoms with Crippen LogP contribution in [-0.2, 0) is 23.0 Å². The molecule has 0 atom stereocenters. The molecule has 3 nitrogen and oxygen atoms in total. The van der Waals surface area contributed by atoms with Gasteiger partial charge in [-0.1, -0.05) is 38.1 Å². The molecule has 5 heteroatoms. The van der Waals surface area contributed by atoms with Crippen LogP contribution in [0.5, 0.6) is 0 Å². The van der Waals surface area contributed by atoms with E-state index in [0.29, 0.717) is 5.39 Å². The number of fused-ring (bicyclic) bond motifs is 1. The van der Waals surface area contributed by atoms with E-state index < -0.39 is 10.1 Å². The molecule has 0 amide bonds. The molecule has 0 radical (unpaired) electrons. The van der Waals surface area contributed by atoms with Crippen LogP contribution in [0.25, 0.3) is 10.8 Å². The molecule has 0 saturated heterocycles. The normalized spacial score (nSPS) is 11.3. The molecule has 0 aliphatic rings. The number of hydrogen-bond donors (Lipinski definition) is 0. The van der Waals surface area contributed by atoms with E-state index in [4.69, 9.17) is 0 Å². The van der Waals surface area contributed by atoms with Gasteiger partial charge in [0.25, 0.3) is 0 Å². The summed E-state index contributed by atoms with van der Waals surface area (Å²) in [7, 11) is -4.42. The summed E-state index contributed by atoms with van der Waals surface area (Å²) in [6.45, 7) is 4.10. The van der Waals surface area contributed by atoms with E-state index in [1.165, 1.54) is 11.6 Å². The Labute approximate surface area is 156 Å². The summed E-state index contributed by atoms with van der Waals surface area (Å²) in [6, 6.07) is 8.53. The molecule has 0 spiro atoms. The molecule has 0 aromatic heterocycles. The first kappa shape index (κ1) is 17.3. The molecular formula is C14H15KO3S. The van der Waals surface area contributed by atoms with Crippen molar-refractivity contribution in [2.24, 2.45) is 0 Å². The first-order chi connectivity index (χ1) is 8.49. The number of rotatable bonds is 3. The van der Waals surface area contributed by atoms with Gasteiger partial charge in [0.1, 0.15) is 10.1 Å². The maximum absolute atomic E-state index is 11.2. The van der Waals surface area contributed by atoms with Gasteiger partial charge in [0.2, 0.25) is 0 Å². The van der Waals surface area contributed by atoms with Gasteiger partial charge in [-0.15, -0.1) is 0 Å². The summed E-state index contributed by atoms with van der Waals surface area (Å²) in [5.74, 6) is 0. The van der Waals surface area contributed by atoms with Crippen molar-refractivity contribution < 1.29 is 64.4 Å². The van der Waals surface area contributed by atoms with E-state index in [0.717, 1.165) is 23.8 Å². The van der Waals surface area contributed by atoms with Crippen molar-refractivity contribution in [3.63, 3.8) is 0 Å². The fourth-order valence-corrected chi connectivity index (χ4v) is 3.10. The average Bonchev–Trinajstić information content (AvgIpc) is 2.35. The van der Waals surface area contributed by atoms with Gasteiger partial charge in [-0.3, -0.25) is 0 Å². The van der Waals surface area contributed by atoms with Crippen molar-refractivity contribution in [2.75, 3.05) is 0 Å². The van der Waals surface area contributed by atoms with Crippen molar-refractivity contribution in [3.8, 4) is 0 Å². The van der Waals surface area contributed by atoms with Crippen LogP contribution in [0, 0.1) is 0 Å². The topological polar surface area (TPSA) is 57.2 Å². The third-order valence-electron chi connectivity index (χ3n) is 3.23. The van der Waals surface area contributed by atoms with E-state index in [9.17, 15) is 13.0 Å². The van der Waals surface area contributed by atoms with Crippen LogP contribution in [-0.4, -0.2) is 13.0 Å².